The van der Waals surface area contributed by atoms with Crippen LogP contribution in [0.1, 0.15) is 43.7 Å². The van der Waals surface area contributed by atoms with Crippen LogP contribution in [0, 0.1) is 0 Å². The predicted molar refractivity (Wildman–Crippen MR) is 98.7 cm³/mol. The Morgan fingerprint density at radius 1 is 1.00 bits per heavy atom. The Bertz CT molecular complexity index is 697. The smallest absolute Gasteiger partial charge is 0.416 e. The molecule has 0 aromatic heterocycles. The third-order valence-electron chi connectivity index (χ3n) is 3.78. The summed E-state index contributed by atoms with van der Waals surface area (Å²) in [4.78, 5) is 0. The normalized spacial score (nSPS) is 11.7. The van der Waals surface area contributed by atoms with Crippen LogP contribution in [0.25, 0.3) is 0 Å². The molecule has 0 unspecified atom stereocenters. The molecule has 140 valence electrons. The van der Waals surface area contributed by atoms with Gasteiger partial charge in [-0.2, -0.15) is 18.3 Å². The van der Waals surface area contributed by atoms with E-state index in [0.717, 1.165) is 36.3 Å². The summed E-state index contributed by atoms with van der Waals surface area (Å²) in [5.41, 5.74) is 3.33. The number of hydrogen-bond donors (Lipinski definition) is 1. The number of rotatable bonds is 9. The molecule has 0 saturated heterocycles. The molecule has 0 aliphatic carbocycles. The molecule has 3 nitrogen and oxygen atoms in total. The number of alkyl halides is 3. The van der Waals surface area contributed by atoms with E-state index in [1.807, 2.05) is 24.3 Å². The molecule has 0 heterocycles. The summed E-state index contributed by atoms with van der Waals surface area (Å²) in [6, 6.07) is 12.2. The zero-order valence-corrected chi connectivity index (χ0v) is 14.7. The number of hydrazone groups is 1. The highest BCUT2D eigenvalue weighted by molar-refractivity contribution is 5.84. The Morgan fingerprint density at radius 2 is 1.73 bits per heavy atom. The maximum atomic E-state index is 12.5. The van der Waals surface area contributed by atoms with E-state index in [2.05, 4.69) is 17.5 Å². The summed E-state index contributed by atoms with van der Waals surface area (Å²) in [5.74, 6) is 0.738. The molecule has 0 aliphatic rings. The molecule has 0 bridgehead atoms. The van der Waals surface area contributed by atoms with Crippen molar-refractivity contribution in [3.05, 3.63) is 59.7 Å². The third-order valence-corrected chi connectivity index (χ3v) is 3.78. The van der Waals surface area contributed by atoms with Crippen molar-refractivity contribution in [2.45, 2.75) is 38.8 Å². The van der Waals surface area contributed by atoms with Gasteiger partial charge in [0, 0.05) is 5.56 Å². The average Bonchev–Trinajstić information content (AvgIpc) is 2.62. The molecule has 0 fully saturated rings. The van der Waals surface area contributed by atoms with Gasteiger partial charge in [0.1, 0.15) is 5.75 Å². The van der Waals surface area contributed by atoms with E-state index in [0.29, 0.717) is 12.3 Å². The predicted octanol–water partition coefficient (Wildman–Crippen LogP) is 6.11. The molecule has 0 radical (unpaired) electrons. The van der Waals surface area contributed by atoms with Gasteiger partial charge in [-0.05, 0) is 42.8 Å². The van der Waals surface area contributed by atoms with E-state index < -0.39 is 11.7 Å². The van der Waals surface area contributed by atoms with E-state index >= 15 is 0 Å². The Morgan fingerprint density at radius 3 is 2.42 bits per heavy atom. The lowest BCUT2D eigenvalue weighted by molar-refractivity contribution is -0.137. The summed E-state index contributed by atoms with van der Waals surface area (Å²) < 4.78 is 43.4. The second-order valence-electron chi connectivity index (χ2n) is 5.89. The zero-order valence-electron chi connectivity index (χ0n) is 14.7. The van der Waals surface area contributed by atoms with Crippen LogP contribution >= 0.6 is 0 Å². The van der Waals surface area contributed by atoms with Gasteiger partial charge in [-0.3, -0.25) is 5.43 Å². The van der Waals surface area contributed by atoms with Crippen LogP contribution < -0.4 is 10.2 Å². The van der Waals surface area contributed by atoms with Crippen molar-refractivity contribution in [2.75, 3.05) is 12.0 Å². The number of benzene rings is 2. The van der Waals surface area contributed by atoms with Crippen LogP contribution in [-0.4, -0.2) is 12.8 Å². The van der Waals surface area contributed by atoms with E-state index in [9.17, 15) is 13.2 Å². The van der Waals surface area contributed by atoms with Gasteiger partial charge in [-0.15, -0.1) is 0 Å². The molecule has 0 saturated carbocycles. The van der Waals surface area contributed by atoms with Crippen molar-refractivity contribution in [3.63, 3.8) is 0 Å². The SMILES string of the molecule is CCCCCCOc1ccccc1C=NNc1ccc(C(F)(F)F)cc1. The first-order valence-electron chi connectivity index (χ1n) is 8.69. The number of ether oxygens (including phenoxy) is 1. The number of nitrogens with zero attached hydrogens (tertiary/aromatic N) is 1. The second kappa shape index (κ2) is 9.85. The topological polar surface area (TPSA) is 33.6 Å². The van der Waals surface area contributed by atoms with Gasteiger partial charge in [0.2, 0.25) is 0 Å². The Labute approximate surface area is 151 Å². The largest absolute Gasteiger partial charge is 0.493 e. The van der Waals surface area contributed by atoms with Gasteiger partial charge in [-0.1, -0.05) is 38.3 Å². The molecule has 2 aromatic carbocycles. The van der Waals surface area contributed by atoms with Crippen molar-refractivity contribution in [1.29, 1.82) is 0 Å². The van der Waals surface area contributed by atoms with Crippen LogP contribution in [0.2, 0.25) is 0 Å². The van der Waals surface area contributed by atoms with E-state index in [4.69, 9.17) is 4.74 Å². The highest BCUT2D eigenvalue weighted by Gasteiger charge is 2.29. The van der Waals surface area contributed by atoms with Crippen LogP contribution in [0.4, 0.5) is 18.9 Å². The summed E-state index contributed by atoms with van der Waals surface area (Å²) in [7, 11) is 0. The number of hydrogen-bond acceptors (Lipinski definition) is 3. The Hall–Kier alpha value is -2.50. The monoisotopic (exact) mass is 364 g/mol. The van der Waals surface area contributed by atoms with Crippen LogP contribution in [0.3, 0.4) is 0 Å². The first-order chi connectivity index (χ1) is 12.5. The van der Waals surface area contributed by atoms with Gasteiger partial charge >= 0.3 is 6.18 Å². The fourth-order valence-electron chi connectivity index (χ4n) is 2.34. The number of unbranched alkanes of at least 4 members (excludes halogenated alkanes) is 3. The molecule has 2 rings (SSSR count). The minimum atomic E-state index is -4.34. The van der Waals surface area contributed by atoms with Crippen molar-refractivity contribution in [3.8, 4) is 5.75 Å². The van der Waals surface area contributed by atoms with Gasteiger partial charge in [0.05, 0.1) is 24.1 Å². The highest BCUT2D eigenvalue weighted by atomic mass is 19.4. The number of para-hydroxylation sites is 1. The molecule has 0 aliphatic heterocycles. The fourth-order valence-corrected chi connectivity index (χ4v) is 2.34. The number of nitrogens with one attached hydrogen (secondary N) is 1. The van der Waals surface area contributed by atoms with Crippen molar-refractivity contribution in [2.24, 2.45) is 5.10 Å². The molecule has 0 spiro atoms. The zero-order chi connectivity index (χ0) is 18.8. The van der Waals surface area contributed by atoms with Crippen molar-refractivity contribution in [1.82, 2.24) is 0 Å². The summed E-state index contributed by atoms with van der Waals surface area (Å²) in [6.45, 7) is 2.81. The summed E-state index contributed by atoms with van der Waals surface area (Å²) in [6.07, 6.45) is 1.78. The van der Waals surface area contributed by atoms with Gasteiger partial charge in [0.25, 0.3) is 0 Å². The van der Waals surface area contributed by atoms with Crippen molar-refractivity contribution >= 4 is 11.9 Å². The summed E-state index contributed by atoms with van der Waals surface area (Å²) >= 11 is 0. The molecular weight excluding hydrogens is 341 g/mol. The number of halogens is 3. The van der Waals surface area contributed by atoms with Gasteiger partial charge in [0.15, 0.2) is 0 Å². The lowest BCUT2D eigenvalue weighted by atomic mass is 10.2. The minimum Gasteiger partial charge on any atom is -0.493 e. The first kappa shape index (κ1) is 19.8. The maximum absolute atomic E-state index is 12.5. The first-order valence-corrected chi connectivity index (χ1v) is 8.69. The molecule has 6 heteroatoms. The van der Waals surface area contributed by atoms with E-state index in [1.165, 1.54) is 25.0 Å². The maximum Gasteiger partial charge on any atom is 0.416 e. The average molecular weight is 364 g/mol. The van der Waals surface area contributed by atoms with Gasteiger partial charge < -0.3 is 4.74 Å². The van der Waals surface area contributed by atoms with Crippen LogP contribution in [-0.2, 0) is 6.18 Å². The molecule has 1 N–H and O–H groups in total. The Kier molecular flexibility index (Phi) is 7.51. The van der Waals surface area contributed by atoms with E-state index in [-0.39, 0.29) is 0 Å². The lowest BCUT2D eigenvalue weighted by Gasteiger charge is -2.09. The number of anilines is 1. The molecule has 0 atom stereocenters. The lowest BCUT2D eigenvalue weighted by Crippen LogP contribution is -2.04. The molecule has 26 heavy (non-hydrogen) atoms. The fraction of sp³-hybridized carbons (Fsp3) is 0.350. The summed E-state index contributed by atoms with van der Waals surface area (Å²) in [5, 5.41) is 4.09. The van der Waals surface area contributed by atoms with Crippen molar-refractivity contribution < 1.29 is 17.9 Å². The molecular formula is C20H23F3N2O. The van der Waals surface area contributed by atoms with E-state index in [1.54, 1.807) is 6.21 Å². The highest BCUT2D eigenvalue weighted by Crippen LogP contribution is 2.29. The third kappa shape index (κ3) is 6.43. The molecule has 0 amide bonds. The van der Waals surface area contributed by atoms with Crippen LogP contribution in [0.15, 0.2) is 53.6 Å². The second-order valence-corrected chi connectivity index (χ2v) is 5.89. The van der Waals surface area contributed by atoms with Crippen LogP contribution in [0.5, 0.6) is 5.75 Å². The quantitative estimate of drug-likeness (QED) is 0.331. The Balaban J connectivity index is 1.91. The minimum absolute atomic E-state index is 0.479. The molecule has 2 aromatic rings. The van der Waals surface area contributed by atoms with Gasteiger partial charge in [-0.25, -0.2) is 0 Å². The standard InChI is InChI=1S/C20H23F3N2O/c1-2-3-4-7-14-26-19-9-6-5-8-16(19)15-24-25-18-12-10-17(11-13-18)20(21,22)23/h5-6,8-13,15,25H,2-4,7,14H2,1H3.